The van der Waals surface area contributed by atoms with Gasteiger partial charge in [0.05, 0.1) is 12.8 Å². The monoisotopic (exact) mass is 363 g/mol. The second kappa shape index (κ2) is 9.92. The molecule has 2 amide bonds. The largest absolute Gasteiger partial charge is 0.395 e. The van der Waals surface area contributed by atoms with Crippen molar-refractivity contribution in [2.75, 3.05) is 31.6 Å². The number of aromatic nitrogens is 2. The average molecular weight is 364 g/mol. The molecular formula is C19H33N5O2. The summed E-state index contributed by atoms with van der Waals surface area (Å²) < 4.78 is 1.92. The number of nitrogens with one attached hydrogen (secondary N) is 2. The highest BCUT2D eigenvalue weighted by molar-refractivity contribution is 5.88. The number of nitrogens with zero attached hydrogens (tertiary/aromatic N) is 3. The number of aliphatic hydroxyl groups excluding tert-OH is 1. The first-order valence-electron chi connectivity index (χ1n) is 10.2. The van der Waals surface area contributed by atoms with Gasteiger partial charge in [0, 0.05) is 31.7 Å². The molecule has 1 aliphatic heterocycles. The van der Waals surface area contributed by atoms with Crippen LogP contribution in [0.3, 0.4) is 0 Å². The van der Waals surface area contributed by atoms with Crippen molar-refractivity contribution in [2.24, 2.45) is 5.92 Å². The predicted octanol–water partition coefficient (Wildman–Crippen LogP) is 2.43. The van der Waals surface area contributed by atoms with Gasteiger partial charge in [-0.05, 0) is 38.1 Å². The van der Waals surface area contributed by atoms with Crippen LogP contribution >= 0.6 is 0 Å². The molecule has 1 aromatic rings. The number of carbonyl (C=O) groups excluding carboxylic acids is 1. The van der Waals surface area contributed by atoms with Crippen LogP contribution in [0.2, 0.25) is 0 Å². The molecule has 3 rings (SSSR count). The van der Waals surface area contributed by atoms with Crippen molar-refractivity contribution in [2.45, 2.75) is 64.0 Å². The molecule has 7 heteroatoms. The number of piperidine rings is 1. The quantitative estimate of drug-likeness (QED) is 0.695. The lowest BCUT2D eigenvalue weighted by Crippen LogP contribution is -2.46. The molecule has 0 radical (unpaired) electrons. The highest BCUT2D eigenvalue weighted by Gasteiger charge is 2.21. The average Bonchev–Trinajstić information content (AvgIpc) is 3.09. The number of carbonyl (C=O) groups is 1. The van der Waals surface area contributed by atoms with Crippen LogP contribution in [0.5, 0.6) is 0 Å². The van der Waals surface area contributed by atoms with Crippen LogP contribution in [0.25, 0.3) is 0 Å². The van der Waals surface area contributed by atoms with Crippen LogP contribution in [0.1, 0.15) is 51.4 Å². The molecule has 1 aromatic heterocycles. The molecular weight excluding hydrogens is 330 g/mol. The second-order valence-corrected chi connectivity index (χ2v) is 7.65. The highest BCUT2D eigenvalue weighted by Crippen LogP contribution is 2.25. The smallest absolute Gasteiger partial charge is 0.320 e. The summed E-state index contributed by atoms with van der Waals surface area (Å²) in [4.78, 5) is 14.5. The Labute approximate surface area is 156 Å². The molecule has 26 heavy (non-hydrogen) atoms. The summed E-state index contributed by atoms with van der Waals surface area (Å²) in [5.74, 6) is 1.43. The Morgan fingerprint density at radius 2 is 2.00 bits per heavy atom. The summed E-state index contributed by atoms with van der Waals surface area (Å²) in [6, 6.07) is 1.91. The van der Waals surface area contributed by atoms with E-state index in [9.17, 15) is 9.90 Å². The molecule has 0 bridgehead atoms. The first-order chi connectivity index (χ1) is 12.8. The highest BCUT2D eigenvalue weighted by atomic mass is 16.3. The third-order valence-corrected chi connectivity index (χ3v) is 5.76. The molecule has 2 fully saturated rings. The lowest BCUT2D eigenvalue weighted by Gasteiger charge is -2.34. The number of amides is 2. The van der Waals surface area contributed by atoms with Crippen LogP contribution in [-0.2, 0) is 6.54 Å². The number of aliphatic hydroxyl groups is 1. The first kappa shape index (κ1) is 19.2. The van der Waals surface area contributed by atoms with E-state index < -0.39 is 0 Å². The summed E-state index contributed by atoms with van der Waals surface area (Å²) in [7, 11) is 0. The minimum atomic E-state index is -0.187. The van der Waals surface area contributed by atoms with Crippen LogP contribution in [0.4, 0.5) is 10.6 Å². The maximum Gasteiger partial charge on any atom is 0.320 e. The Hall–Kier alpha value is -1.60. The van der Waals surface area contributed by atoms with Gasteiger partial charge in [0.1, 0.15) is 5.82 Å². The number of urea groups is 1. The molecule has 2 aliphatic rings. The Bertz CT molecular complexity index is 556. The fraction of sp³-hybridized carbons (Fsp3) is 0.789. The molecule has 1 saturated carbocycles. The molecule has 1 aliphatic carbocycles. The van der Waals surface area contributed by atoms with E-state index in [0.29, 0.717) is 12.5 Å². The molecule has 1 unspecified atom stereocenters. The third-order valence-electron chi connectivity index (χ3n) is 5.76. The zero-order valence-electron chi connectivity index (χ0n) is 15.7. The zero-order chi connectivity index (χ0) is 18.2. The van der Waals surface area contributed by atoms with E-state index in [2.05, 4.69) is 20.6 Å². The van der Waals surface area contributed by atoms with Crippen molar-refractivity contribution in [3.05, 3.63) is 12.3 Å². The maximum absolute atomic E-state index is 12.2. The van der Waals surface area contributed by atoms with Gasteiger partial charge in [0.2, 0.25) is 0 Å². The number of likely N-dealkylation sites (tertiary alicyclic amines) is 1. The molecule has 3 N–H and O–H groups in total. The third kappa shape index (κ3) is 5.45. The summed E-state index contributed by atoms with van der Waals surface area (Å²) in [6.07, 6.45) is 11.6. The van der Waals surface area contributed by atoms with E-state index in [-0.39, 0.29) is 18.7 Å². The molecule has 0 aromatic carbocycles. The standard InChI is InChI=1S/C19H33N5O2/c25-15-17-8-4-5-12-23(17)13-11-20-19(26)22-18-9-10-21-24(18)14-16-6-2-1-3-7-16/h9-10,16-17,25H,1-8,11-15H2,(H2,20,22,26). The van der Waals surface area contributed by atoms with E-state index in [0.717, 1.165) is 31.9 Å². The van der Waals surface area contributed by atoms with E-state index >= 15 is 0 Å². The molecule has 1 atom stereocenters. The van der Waals surface area contributed by atoms with Gasteiger partial charge < -0.3 is 10.4 Å². The molecule has 0 spiro atoms. The van der Waals surface area contributed by atoms with Crippen molar-refractivity contribution in [1.29, 1.82) is 0 Å². The predicted molar refractivity (Wildman–Crippen MR) is 102 cm³/mol. The van der Waals surface area contributed by atoms with Gasteiger partial charge in [-0.1, -0.05) is 25.7 Å². The fourth-order valence-corrected chi connectivity index (χ4v) is 4.23. The van der Waals surface area contributed by atoms with Gasteiger partial charge >= 0.3 is 6.03 Å². The molecule has 7 nitrogen and oxygen atoms in total. The Morgan fingerprint density at radius 3 is 2.81 bits per heavy atom. The minimum Gasteiger partial charge on any atom is -0.395 e. The Morgan fingerprint density at radius 1 is 1.19 bits per heavy atom. The Kier molecular flexibility index (Phi) is 7.32. The molecule has 146 valence electrons. The van der Waals surface area contributed by atoms with Crippen LogP contribution in [-0.4, -0.2) is 58.1 Å². The molecule has 2 heterocycles. The van der Waals surface area contributed by atoms with Crippen molar-refractivity contribution in [1.82, 2.24) is 20.0 Å². The van der Waals surface area contributed by atoms with Gasteiger partial charge in [-0.25, -0.2) is 9.48 Å². The van der Waals surface area contributed by atoms with E-state index in [4.69, 9.17) is 0 Å². The van der Waals surface area contributed by atoms with E-state index in [1.54, 1.807) is 6.20 Å². The summed E-state index contributed by atoms with van der Waals surface area (Å²) in [5, 5.41) is 19.7. The minimum absolute atomic E-state index is 0.187. The number of rotatable bonds is 7. The van der Waals surface area contributed by atoms with Gasteiger partial charge in [-0.3, -0.25) is 10.2 Å². The van der Waals surface area contributed by atoms with E-state index in [1.807, 2.05) is 10.7 Å². The van der Waals surface area contributed by atoms with Gasteiger partial charge in [0.25, 0.3) is 0 Å². The molecule has 1 saturated heterocycles. The van der Waals surface area contributed by atoms with Crippen LogP contribution in [0.15, 0.2) is 12.3 Å². The SMILES string of the molecule is O=C(NCCN1CCCCC1CO)Nc1ccnn1CC1CCCCC1. The van der Waals surface area contributed by atoms with Gasteiger partial charge in [-0.15, -0.1) is 0 Å². The normalized spacial score (nSPS) is 22.3. The van der Waals surface area contributed by atoms with Gasteiger partial charge in [-0.2, -0.15) is 5.10 Å². The fourth-order valence-electron chi connectivity index (χ4n) is 4.23. The van der Waals surface area contributed by atoms with Crippen molar-refractivity contribution >= 4 is 11.8 Å². The van der Waals surface area contributed by atoms with E-state index in [1.165, 1.54) is 44.9 Å². The van der Waals surface area contributed by atoms with Crippen molar-refractivity contribution < 1.29 is 9.90 Å². The first-order valence-corrected chi connectivity index (χ1v) is 10.2. The topological polar surface area (TPSA) is 82.4 Å². The Balaban J connectivity index is 1.41. The van der Waals surface area contributed by atoms with Crippen LogP contribution < -0.4 is 10.6 Å². The summed E-state index contributed by atoms with van der Waals surface area (Å²) >= 11 is 0. The maximum atomic E-state index is 12.2. The van der Waals surface area contributed by atoms with Crippen LogP contribution in [0, 0.1) is 5.92 Å². The number of hydrogen-bond donors (Lipinski definition) is 3. The summed E-state index contributed by atoms with van der Waals surface area (Å²) in [6.45, 7) is 3.45. The lowest BCUT2D eigenvalue weighted by atomic mass is 9.89. The summed E-state index contributed by atoms with van der Waals surface area (Å²) in [5.41, 5.74) is 0. The number of hydrogen-bond acceptors (Lipinski definition) is 4. The second-order valence-electron chi connectivity index (χ2n) is 7.65. The van der Waals surface area contributed by atoms with Crippen molar-refractivity contribution in [3.8, 4) is 0 Å². The number of anilines is 1. The van der Waals surface area contributed by atoms with Gasteiger partial charge in [0.15, 0.2) is 0 Å². The lowest BCUT2D eigenvalue weighted by molar-refractivity contribution is 0.0917. The zero-order valence-corrected chi connectivity index (χ0v) is 15.7. The van der Waals surface area contributed by atoms with Crippen molar-refractivity contribution in [3.63, 3.8) is 0 Å².